The van der Waals surface area contributed by atoms with Crippen LogP contribution in [0.5, 0.6) is 0 Å². The zero-order chi connectivity index (χ0) is 17.0. The van der Waals surface area contributed by atoms with Gasteiger partial charge in [-0.15, -0.1) is 0 Å². The van der Waals surface area contributed by atoms with E-state index in [0.717, 1.165) is 5.56 Å². The molecule has 1 aromatic rings. The fraction of sp³-hybridized carbons (Fsp3) is 0.438. The monoisotopic (exact) mass is 320 g/mol. The van der Waals surface area contributed by atoms with E-state index in [2.05, 4.69) is 10.3 Å². The van der Waals surface area contributed by atoms with Gasteiger partial charge in [-0.05, 0) is 38.5 Å². The van der Waals surface area contributed by atoms with E-state index in [4.69, 9.17) is 14.6 Å². The molecule has 0 fully saturated rings. The molecule has 1 aliphatic rings. The van der Waals surface area contributed by atoms with Crippen LogP contribution in [0.2, 0.25) is 0 Å². The van der Waals surface area contributed by atoms with Crippen molar-refractivity contribution in [2.24, 2.45) is 4.99 Å². The minimum Gasteiger partial charge on any atom is -0.480 e. The average Bonchev–Trinajstić information content (AvgIpc) is 2.94. The number of nitrogens with one attached hydrogen (secondary N) is 1. The molecule has 1 heterocycles. The number of alkyl carbamates (subject to hydrolysis) is 1. The van der Waals surface area contributed by atoms with Crippen LogP contribution < -0.4 is 5.32 Å². The van der Waals surface area contributed by atoms with Crippen LogP contribution in [0.1, 0.15) is 31.9 Å². The summed E-state index contributed by atoms with van der Waals surface area (Å²) < 4.78 is 10.4. The third-order valence-electron chi connectivity index (χ3n) is 2.97. The maximum absolute atomic E-state index is 11.6. The van der Waals surface area contributed by atoms with E-state index in [-0.39, 0.29) is 6.61 Å². The third kappa shape index (κ3) is 4.98. The molecule has 1 aliphatic heterocycles. The van der Waals surface area contributed by atoms with E-state index in [0.29, 0.717) is 18.0 Å². The minimum atomic E-state index is -1.00. The van der Waals surface area contributed by atoms with Crippen LogP contribution in [0.25, 0.3) is 0 Å². The zero-order valence-electron chi connectivity index (χ0n) is 13.3. The lowest BCUT2D eigenvalue weighted by atomic mass is 10.1. The van der Waals surface area contributed by atoms with E-state index < -0.39 is 23.7 Å². The van der Waals surface area contributed by atoms with Crippen LogP contribution in [0, 0.1) is 0 Å². The molecule has 7 nitrogen and oxygen atoms in total. The lowest BCUT2D eigenvalue weighted by Crippen LogP contribution is -2.32. The van der Waals surface area contributed by atoms with Gasteiger partial charge in [-0.3, -0.25) is 0 Å². The van der Waals surface area contributed by atoms with E-state index in [1.807, 2.05) is 12.1 Å². The number of hydrogen-bond donors (Lipinski definition) is 2. The number of carboxylic acids is 1. The molecule has 1 aromatic carbocycles. The number of aliphatic carboxylic acids is 1. The second-order valence-corrected chi connectivity index (χ2v) is 6.15. The second-order valence-electron chi connectivity index (χ2n) is 6.15. The van der Waals surface area contributed by atoms with Crippen molar-refractivity contribution in [1.82, 2.24) is 5.32 Å². The van der Waals surface area contributed by atoms with E-state index in [1.165, 1.54) is 0 Å². The van der Waals surface area contributed by atoms with E-state index in [9.17, 15) is 9.59 Å². The largest absolute Gasteiger partial charge is 0.480 e. The Morgan fingerprint density at radius 3 is 2.52 bits per heavy atom. The number of rotatable bonds is 4. The number of ether oxygens (including phenoxy) is 2. The first-order valence-corrected chi connectivity index (χ1v) is 7.24. The summed E-state index contributed by atoms with van der Waals surface area (Å²) in [5.41, 5.74) is 1.05. The molecule has 0 saturated carbocycles. The molecule has 0 radical (unpaired) electrons. The molecule has 0 saturated heterocycles. The Morgan fingerprint density at radius 2 is 2.00 bits per heavy atom. The Hall–Kier alpha value is -2.57. The van der Waals surface area contributed by atoms with Gasteiger partial charge in [-0.1, -0.05) is 12.1 Å². The zero-order valence-corrected chi connectivity index (χ0v) is 13.3. The first-order valence-electron chi connectivity index (χ1n) is 7.24. The Bertz CT molecular complexity index is 616. The van der Waals surface area contributed by atoms with Crippen molar-refractivity contribution in [3.05, 3.63) is 35.4 Å². The number of aliphatic imine (C=N–C) groups is 1. The predicted octanol–water partition coefficient (Wildman–Crippen LogP) is 1.94. The Labute approximate surface area is 134 Å². The van der Waals surface area contributed by atoms with Crippen molar-refractivity contribution < 1.29 is 24.2 Å². The molecule has 2 rings (SSSR count). The third-order valence-corrected chi connectivity index (χ3v) is 2.97. The summed E-state index contributed by atoms with van der Waals surface area (Å²) in [7, 11) is 0. The van der Waals surface area contributed by atoms with Gasteiger partial charge in [0.15, 0.2) is 6.04 Å². The van der Waals surface area contributed by atoms with Crippen molar-refractivity contribution in [3.8, 4) is 0 Å². The molecular weight excluding hydrogens is 300 g/mol. The van der Waals surface area contributed by atoms with Crippen molar-refractivity contribution >= 4 is 18.0 Å². The second kappa shape index (κ2) is 6.68. The highest BCUT2D eigenvalue weighted by Gasteiger charge is 2.25. The van der Waals surface area contributed by atoms with Crippen molar-refractivity contribution in [2.45, 2.75) is 39.0 Å². The van der Waals surface area contributed by atoms with Gasteiger partial charge in [0.1, 0.15) is 12.2 Å². The molecule has 7 heteroatoms. The maximum Gasteiger partial charge on any atom is 0.407 e. The van der Waals surface area contributed by atoms with Gasteiger partial charge in [0.05, 0.1) is 0 Å². The van der Waals surface area contributed by atoms with E-state index in [1.54, 1.807) is 32.9 Å². The molecule has 2 N–H and O–H groups in total. The standard InChI is InChI=1S/C16H20N2O5/c1-16(2,3)23-15(21)17-8-10-4-6-11(7-5-10)13-18-12(9-22-13)14(19)20/h4-7,12H,8-9H2,1-3H3,(H,17,21)(H,19,20). The molecule has 23 heavy (non-hydrogen) atoms. The average molecular weight is 320 g/mol. The molecule has 1 atom stereocenters. The maximum atomic E-state index is 11.6. The number of carbonyl (C=O) groups is 2. The van der Waals surface area contributed by atoms with Crippen LogP contribution in [-0.2, 0) is 20.8 Å². The van der Waals surface area contributed by atoms with Crippen LogP contribution in [0.3, 0.4) is 0 Å². The lowest BCUT2D eigenvalue weighted by molar-refractivity contribution is -0.138. The van der Waals surface area contributed by atoms with Crippen molar-refractivity contribution in [1.29, 1.82) is 0 Å². The molecule has 1 amide bonds. The number of hydrogen-bond acceptors (Lipinski definition) is 5. The van der Waals surface area contributed by atoms with Crippen LogP contribution in [0.15, 0.2) is 29.3 Å². The molecule has 0 aromatic heterocycles. The molecule has 124 valence electrons. The summed E-state index contributed by atoms with van der Waals surface area (Å²) in [4.78, 5) is 26.4. The van der Waals surface area contributed by atoms with Gasteiger partial charge < -0.3 is 19.9 Å². The van der Waals surface area contributed by atoms with Gasteiger partial charge in [0, 0.05) is 12.1 Å². The highest BCUT2D eigenvalue weighted by molar-refractivity contribution is 5.97. The smallest absolute Gasteiger partial charge is 0.407 e. The predicted molar refractivity (Wildman–Crippen MR) is 83.4 cm³/mol. The molecule has 0 aliphatic carbocycles. The van der Waals surface area contributed by atoms with Crippen LogP contribution in [-0.4, -0.2) is 41.3 Å². The van der Waals surface area contributed by atoms with Crippen LogP contribution in [0.4, 0.5) is 4.79 Å². The first-order chi connectivity index (χ1) is 10.7. The summed E-state index contributed by atoms with van der Waals surface area (Å²) in [6.45, 7) is 5.78. The van der Waals surface area contributed by atoms with Gasteiger partial charge >= 0.3 is 12.1 Å². The molecule has 0 bridgehead atoms. The molecule has 1 unspecified atom stereocenters. The number of amides is 1. The number of carbonyl (C=O) groups excluding carboxylic acids is 1. The Balaban J connectivity index is 1.92. The van der Waals surface area contributed by atoms with Crippen molar-refractivity contribution in [3.63, 3.8) is 0 Å². The Morgan fingerprint density at radius 1 is 1.35 bits per heavy atom. The Kier molecular flexibility index (Phi) is 4.88. The highest BCUT2D eigenvalue weighted by atomic mass is 16.6. The number of carboxylic acid groups (broad SMARTS) is 1. The summed E-state index contributed by atoms with van der Waals surface area (Å²) in [5.74, 6) is -0.678. The van der Waals surface area contributed by atoms with Gasteiger partial charge in [0.25, 0.3) is 0 Å². The quantitative estimate of drug-likeness (QED) is 0.883. The fourth-order valence-electron chi connectivity index (χ4n) is 1.91. The lowest BCUT2D eigenvalue weighted by Gasteiger charge is -2.19. The van der Waals surface area contributed by atoms with Crippen LogP contribution >= 0.6 is 0 Å². The minimum absolute atomic E-state index is 0.0482. The summed E-state index contributed by atoms with van der Waals surface area (Å²) in [5, 5.41) is 11.6. The topological polar surface area (TPSA) is 97.2 Å². The summed E-state index contributed by atoms with van der Waals surface area (Å²) >= 11 is 0. The van der Waals surface area contributed by atoms with Gasteiger partial charge in [0.2, 0.25) is 5.90 Å². The van der Waals surface area contributed by atoms with E-state index >= 15 is 0 Å². The summed E-state index contributed by atoms with van der Waals surface area (Å²) in [6.07, 6.45) is -0.477. The van der Waals surface area contributed by atoms with Gasteiger partial charge in [-0.25, -0.2) is 14.6 Å². The summed E-state index contributed by atoms with van der Waals surface area (Å²) in [6, 6.07) is 6.32. The highest BCUT2D eigenvalue weighted by Crippen LogP contribution is 2.14. The van der Waals surface area contributed by atoms with Crippen molar-refractivity contribution in [2.75, 3.05) is 6.61 Å². The van der Waals surface area contributed by atoms with Gasteiger partial charge in [-0.2, -0.15) is 0 Å². The molecular formula is C16H20N2O5. The SMILES string of the molecule is CC(C)(C)OC(=O)NCc1ccc(C2=NC(C(=O)O)CO2)cc1. The first kappa shape index (κ1) is 16.8. The number of nitrogens with zero attached hydrogens (tertiary/aromatic N) is 1. The molecule has 0 spiro atoms. The fourth-order valence-corrected chi connectivity index (χ4v) is 1.91. The number of benzene rings is 1. The normalized spacial score (nSPS) is 17.2.